The second-order valence-corrected chi connectivity index (χ2v) is 13.7. The molecule has 0 amide bonds. The number of hydrogen-bond donors (Lipinski definition) is 5. The molecule has 1 aliphatic carbocycles. The summed E-state index contributed by atoms with van der Waals surface area (Å²) in [6.45, 7) is 0. The predicted octanol–water partition coefficient (Wildman–Crippen LogP) is 6.35. The van der Waals surface area contributed by atoms with Gasteiger partial charge in [0.1, 0.15) is 4.90 Å². The van der Waals surface area contributed by atoms with E-state index in [1.807, 2.05) is 6.07 Å². The summed E-state index contributed by atoms with van der Waals surface area (Å²) >= 11 is 0. The number of rotatable bonds is 9. The number of fused-ring (bicyclic) bond motifs is 2. The molecule has 5 aromatic carbocycles. The molecule has 7 aromatic rings. The zero-order valence-electron chi connectivity index (χ0n) is 28.1. The van der Waals surface area contributed by atoms with Crippen molar-refractivity contribution in [2.45, 2.75) is 4.90 Å². The van der Waals surface area contributed by atoms with Gasteiger partial charge in [-0.3, -0.25) is 18.9 Å². The van der Waals surface area contributed by atoms with Crippen molar-refractivity contribution in [3.8, 4) is 17.1 Å². The van der Waals surface area contributed by atoms with Gasteiger partial charge in [-0.1, -0.05) is 72.8 Å². The maximum absolute atomic E-state index is 14.4. The molecule has 1 aliphatic rings. The van der Waals surface area contributed by atoms with E-state index in [1.54, 1.807) is 91.0 Å². The number of pyridine rings is 1. The first-order chi connectivity index (χ1) is 26.0. The van der Waals surface area contributed by atoms with Gasteiger partial charge in [-0.05, 0) is 48.0 Å². The van der Waals surface area contributed by atoms with E-state index in [2.05, 4.69) is 30.9 Å². The molecule has 8 rings (SSSR count). The highest BCUT2D eigenvalue weighted by molar-refractivity contribution is 7.86. The van der Waals surface area contributed by atoms with Crippen LogP contribution >= 0.6 is 0 Å². The highest BCUT2D eigenvalue weighted by Gasteiger charge is 2.34. The average molecular weight is 738 g/mol. The molecule has 2 aromatic heterocycles. The molecule has 0 aliphatic heterocycles. The van der Waals surface area contributed by atoms with Crippen LogP contribution in [0.3, 0.4) is 0 Å². The van der Waals surface area contributed by atoms with Gasteiger partial charge < -0.3 is 25.6 Å². The van der Waals surface area contributed by atoms with Crippen molar-refractivity contribution in [2.24, 2.45) is 7.05 Å². The minimum atomic E-state index is -4.80. The Kier molecular flexibility index (Phi) is 8.20. The molecule has 0 saturated heterocycles. The number of ketones is 2. The van der Waals surface area contributed by atoms with Crippen LogP contribution < -0.4 is 21.5 Å². The summed E-state index contributed by atoms with van der Waals surface area (Å²) in [7, 11) is -3.26. The number of anilines is 6. The summed E-state index contributed by atoms with van der Waals surface area (Å²) < 4.78 is 36.4. The SMILES string of the molecule is Cn1c(=O)c(C(=O)c2ccccc2)c2c3c(c(Nc4ccc(S(=O)(=O)O)c(Nc5nc(O)nc(Nc6ccccc6)n5)c4)ccc31)C(=O)c1ccccc1-2. The molecular formula is C39H27N7O7S. The molecule has 15 heteroatoms. The number of nitrogens with zero attached hydrogens (tertiary/aromatic N) is 4. The molecule has 14 nitrogen and oxygen atoms in total. The highest BCUT2D eigenvalue weighted by atomic mass is 32.2. The summed E-state index contributed by atoms with van der Waals surface area (Å²) in [5.41, 5.74) is 2.35. The number of carbonyl (C=O) groups is 2. The second kappa shape index (κ2) is 13.1. The predicted molar refractivity (Wildman–Crippen MR) is 202 cm³/mol. The minimum absolute atomic E-state index is 0.0525. The number of nitrogens with one attached hydrogen (secondary N) is 3. The zero-order valence-corrected chi connectivity index (χ0v) is 28.9. The number of aryl methyl sites for hydroxylation is 1. The fourth-order valence-electron chi connectivity index (χ4n) is 6.55. The summed E-state index contributed by atoms with van der Waals surface area (Å²) in [5, 5.41) is 19.5. The molecule has 5 N–H and O–H groups in total. The van der Waals surface area contributed by atoms with Crippen molar-refractivity contribution < 1.29 is 27.7 Å². The van der Waals surface area contributed by atoms with Crippen molar-refractivity contribution in [3.05, 3.63) is 148 Å². The van der Waals surface area contributed by atoms with E-state index in [0.717, 1.165) is 6.07 Å². The molecular weight excluding hydrogens is 711 g/mol. The number of para-hydroxylation sites is 1. The van der Waals surface area contributed by atoms with Crippen LogP contribution in [0.15, 0.2) is 125 Å². The summed E-state index contributed by atoms with van der Waals surface area (Å²) in [6, 6.07) is 30.5. The third kappa shape index (κ3) is 5.98. The molecule has 0 bridgehead atoms. The van der Waals surface area contributed by atoms with Crippen LogP contribution in [0.5, 0.6) is 6.01 Å². The Hall–Kier alpha value is -7.23. The van der Waals surface area contributed by atoms with E-state index in [-0.39, 0.29) is 51.4 Å². The lowest BCUT2D eigenvalue weighted by atomic mass is 9.80. The van der Waals surface area contributed by atoms with Gasteiger partial charge >= 0.3 is 6.01 Å². The van der Waals surface area contributed by atoms with Crippen molar-refractivity contribution in [3.63, 3.8) is 0 Å². The number of hydrogen-bond acceptors (Lipinski definition) is 12. The molecule has 0 spiro atoms. The van der Waals surface area contributed by atoms with Crippen LogP contribution in [-0.4, -0.2) is 49.2 Å². The van der Waals surface area contributed by atoms with Gasteiger partial charge in [0.2, 0.25) is 11.9 Å². The Labute approximate surface area is 306 Å². The molecule has 54 heavy (non-hydrogen) atoms. The summed E-state index contributed by atoms with van der Waals surface area (Å²) in [4.78, 5) is 53.8. The van der Waals surface area contributed by atoms with Crippen LogP contribution in [0, 0.1) is 0 Å². The normalized spacial score (nSPS) is 11.9. The van der Waals surface area contributed by atoms with Crippen LogP contribution in [0.25, 0.3) is 22.0 Å². The lowest BCUT2D eigenvalue weighted by molar-refractivity contribution is 0.102. The first-order valence-corrected chi connectivity index (χ1v) is 17.8. The van der Waals surface area contributed by atoms with Crippen molar-refractivity contribution >= 4 is 67.2 Å². The minimum Gasteiger partial charge on any atom is -0.479 e. The fraction of sp³-hybridized carbons (Fsp3) is 0.0256. The number of carbonyl (C=O) groups excluding carboxylic acids is 2. The maximum atomic E-state index is 14.4. The van der Waals surface area contributed by atoms with Crippen LogP contribution in [0.1, 0.15) is 31.8 Å². The van der Waals surface area contributed by atoms with E-state index in [9.17, 15) is 32.5 Å². The van der Waals surface area contributed by atoms with Gasteiger partial charge in [-0.15, -0.1) is 0 Å². The second-order valence-electron chi connectivity index (χ2n) is 12.3. The van der Waals surface area contributed by atoms with E-state index < -0.39 is 32.4 Å². The van der Waals surface area contributed by atoms with Crippen LogP contribution in [0.4, 0.5) is 34.6 Å². The van der Waals surface area contributed by atoms with E-state index in [4.69, 9.17) is 0 Å². The van der Waals surface area contributed by atoms with Crippen molar-refractivity contribution in [2.75, 3.05) is 16.0 Å². The standard InChI is InChI=1S/C39H27N7O7S/c1-46-28-18-17-26(31-32(28)30(24-14-8-9-15-25(24)35(31)48)33(36(46)49)34(47)21-10-4-2-5-11-21)40-23-16-19-29(54(51,52)53)27(20-23)42-38-43-37(44-39(50)45-38)41-22-12-6-3-7-13-22/h2-20,40H,1H3,(H,51,52,53)(H3,41,42,43,44,45,50). The van der Waals surface area contributed by atoms with Gasteiger partial charge in [-0.2, -0.15) is 23.4 Å². The third-order valence-electron chi connectivity index (χ3n) is 8.93. The smallest absolute Gasteiger partial charge is 0.320 e. The number of aromatic nitrogens is 4. The van der Waals surface area contributed by atoms with Gasteiger partial charge in [0.25, 0.3) is 15.7 Å². The molecule has 0 saturated carbocycles. The Morgan fingerprint density at radius 3 is 2.04 bits per heavy atom. The van der Waals surface area contributed by atoms with Crippen LogP contribution in [0.2, 0.25) is 0 Å². The Morgan fingerprint density at radius 1 is 0.685 bits per heavy atom. The number of aromatic hydroxyl groups is 1. The van der Waals surface area contributed by atoms with E-state index in [0.29, 0.717) is 33.3 Å². The molecule has 0 radical (unpaired) electrons. The summed E-state index contributed by atoms with van der Waals surface area (Å²) in [6.07, 6.45) is 0. The zero-order chi connectivity index (χ0) is 37.7. The lowest BCUT2D eigenvalue weighted by Crippen LogP contribution is -2.29. The Bertz CT molecular complexity index is 2860. The first-order valence-electron chi connectivity index (χ1n) is 16.3. The molecule has 2 heterocycles. The van der Waals surface area contributed by atoms with Gasteiger partial charge in [-0.25, -0.2) is 0 Å². The lowest BCUT2D eigenvalue weighted by Gasteiger charge is -2.25. The Balaban J connectivity index is 1.26. The molecule has 0 fully saturated rings. The Morgan fingerprint density at radius 2 is 1.33 bits per heavy atom. The van der Waals surface area contributed by atoms with Crippen molar-refractivity contribution in [1.29, 1.82) is 0 Å². The maximum Gasteiger partial charge on any atom is 0.320 e. The number of benzene rings is 5. The summed E-state index contributed by atoms with van der Waals surface area (Å²) in [5.74, 6) is -1.17. The molecule has 0 unspecified atom stereocenters. The largest absolute Gasteiger partial charge is 0.479 e. The quantitative estimate of drug-likeness (QED) is 0.0810. The first kappa shape index (κ1) is 33.9. The highest BCUT2D eigenvalue weighted by Crippen LogP contribution is 2.44. The van der Waals surface area contributed by atoms with E-state index in [1.165, 1.54) is 23.7 Å². The van der Waals surface area contributed by atoms with Gasteiger partial charge in [0.15, 0.2) is 11.6 Å². The van der Waals surface area contributed by atoms with Crippen LogP contribution in [-0.2, 0) is 17.2 Å². The average Bonchev–Trinajstić information content (AvgIpc) is 3.15. The molecule has 266 valence electrons. The monoisotopic (exact) mass is 737 g/mol. The third-order valence-corrected chi connectivity index (χ3v) is 9.84. The fourth-order valence-corrected chi connectivity index (χ4v) is 7.18. The van der Waals surface area contributed by atoms with E-state index >= 15 is 0 Å². The van der Waals surface area contributed by atoms with Gasteiger partial charge in [0.05, 0.1) is 28.0 Å². The topological polar surface area (TPSA) is 206 Å². The van der Waals surface area contributed by atoms with Gasteiger partial charge in [0, 0.05) is 40.5 Å². The van der Waals surface area contributed by atoms with Crippen molar-refractivity contribution in [1.82, 2.24) is 19.5 Å². The molecule has 0 atom stereocenters.